The molecule has 92 valence electrons. The van der Waals surface area contributed by atoms with Crippen LogP contribution in [0.15, 0.2) is 0 Å². The van der Waals surface area contributed by atoms with E-state index in [0.29, 0.717) is 0 Å². The monoisotopic (exact) mass is 324 g/mol. The molecule has 0 aromatic heterocycles. The van der Waals surface area contributed by atoms with Crippen LogP contribution in [0.5, 0.6) is 0 Å². The molecule has 0 heterocycles. The minimum atomic E-state index is -5.68. The van der Waals surface area contributed by atoms with Crippen LogP contribution < -0.4 is 0 Å². The van der Waals surface area contributed by atoms with E-state index in [1.54, 1.807) is 0 Å². The van der Waals surface area contributed by atoms with Gasteiger partial charge in [0.15, 0.2) is 0 Å². The predicted molar refractivity (Wildman–Crippen MR) is 54.0 cm³/mol. The molecule has 0 atom stereocenters. The van der Waals surface area contributed by atoms with Gasteiger partial charge in [0.2, 0.25) is 0 Å². The lowest BCUT2D eigenvalue weighted by atomic mass is 11.6. The lowest BCUT2D eigenvalue weighted by Crippen LogP contribution is -2.50. The van der Waals surface area contributed by atoms with Gasteiger partial charge in [-0.05, 0) is 0 Å². The highest BCUT2D eigenvalue weighted by atomic mass is 35.5. The zero-order valence-electron chi connectivity index (χ0n) is 7.02. The van der Waals surface area contributed by atoms with Crippen LogP contribution in [0.3, 0.4) is 0 Å². The predicted octanol–water partition coefficient (Wildman–Crippen LogP) is 2.13. The molecule has 0 spiro atoms. The molecule has 0 aliphatic rings. The molecule has 0 N–H and O–H groups in total. The first kappa shape index (κ1) is 15.8. The van der Waals surface area contributed by atoms with E-state index < -0.39 is 40.5 Å². The second kappa shape index (κ2) is 5.41. The lowest BCUT2D eigenvalue weighted by Gasteiger charge is -2.24. The standard InChI is InChI=1S/C4H6Cl3F3O3SSi/c5-1-15(2-6,3-7)13-14(11,12)4(8,9)10/h1-3H2. The van der Waals surface area contributed by atoms with E-state index in [0.717, 1.165) is 0 Å². The van der Waals surface area contributed by atoms with Gasteiger partial charge >= 0.3 is 15.6 Å². The van der Waals surface area contributed by atoms with Crippen molar-refractivity contribution in [3.8, 4) is 0 Å². The molecule has 0 saturated heterocycles. The fraction of sp³-hybridized carbons (Fsp3) is 1.00. The Morgan fingerprint density at radius 2 is 1.40 bits per heavy atom. The first-order valence-corrected chi connectivity index (χ1v) is 8.88. The van der Waals surface area contributed by atoms with Crippen molar-refractivity contribution in [2.45, 2.75) is 5.51 Å². The highest BCUT2D eigenvalue weighted by molar-refractivity contribution is 7.88. The smallest absolute Gasteiger partial charge is 0.304 e. The highest BCUT2D eigenvalue weighted by Gasteiger charge is 2.52. The third-order valence-electron chi connectivity index (χ3n) is 1.30. The van der Waals surface area contributed by atoms with Gasteiger partial charge in [-0.25, -0.2) is 0 Å². The molecule has 0 bridgehead atoms. The molecule has 0 amide bonds. The maximum absolute atomic E-state index is 12.0. The number of hydrogen-bond donors (Lipinski definition) is 0. The summed E-state index contributed by atoms with van der Waals surface area (Å²) >= 11 is 16.0. The molecule has 0 fully saturated rings. The Labute approximate surface area is 101 Å². The van der Waals surface area contributed by atoms with Gasteiger partial charge in [0.1, 0.15) is 0 Å². The van der Waals surface area contributed by atoms with E-state index in [1.807, 2.05) is 0 Å². The first-order chi connectivity index (χ1) is 6.64. The Kier molecular flexibility index (Phi) is 5.70. The van der Waals surface area contributed by atoms with E-state index in [4.69, 9.17) is 34.8 Å². The topological polar surface area (TPSA) is 43.4 Å². The maximum atomic E-state index is 12.0. The molecule has 0 radical (unpaired) electrons. The van der Waals surface area contributed by atoms with Crippen molar-refractivity contribution in [3.63, 3.8) is 0 Å². The Morgan fingerprint density at radius 1 is 1.07 bits per heavy atom. The summed E-state index contributed by atoms with van der Waals surface area (Å²) in [4.78, 5) is 0. The van der Waals surface area contributed by atoms with Crippen molar-refractivity contribution < 1.29 is 25.5 Å². The quantitative estimate of drug-likeness (QED) is 0.442. The molecule has 11 heteroatoms. The highest BCUT2D eigenvalue weighted by Crippen LogP contribution is 2.28. The van der Waals surface area contributed by atoms with E-state index in [1.165, 1.54) is 0 Å². The van der Waals surface area contributed by atoms with Crippen LogP contribution in [0.2, 0.25) is 0 Å². The fourth-order valence-electron chi connectivity index (χ4n) is 0.454. The Hall–Kier alpha value is 0.787. The van der Waals surface area contributed by atoms with Crippen molar-refractivity contribution in [1.29, 1.82) is 0 Å². The Morgan fingerprint density at radius 3 is 1.60 bits per heavy atom. The summed E-state index contributed by atoms with van der Waals surface area (Å²) < 4.78 is 61.2. The Balaban J connectivity index is 5.00. The van der Waals surface area contributed by atoms with Gasteiger partial charge in [0, 0.05) is 16.5 Å². The second-order valence-corrected chi connectivity index (χ2v) is 10.2. The average molecular weight is 326 g/mol. The van der Waals surface area contributed by atoms with Gasteiger partial charge in [-0.15, -0.1) is 34.8 Å². The van der Waals surface area contributed by atoms with Crippen LogP contribution in [-0.4, -0.2) is 38.8 Å². The SMILES string of the molecule is O=S(=O)(O[Si](CCl)(CCl)CCl)C(F)(F)F. The molecule has 0 aliphatic carbocycles. The fourth-order valence-corrected chi connectivity index (χ4v) is 7.22. The molecule has 0 aromatic rings. The third kappa shape index (κ3) is 3.94. The zero-order valence-corrected chi connectivity index (χ0v) is 11.1. The van der Waals surface area contributed by atoms with Crippen molar-refractivity contribution in [3.05, 3.63) is 0 Å². The maximum Gasteiger partial charge on any atom is 0.522 e. The first-order valence-electron chi connectivity index (χ1n) is 3.34. The number of hydrogen-bond acceptors (Lipinski definition) is 3. The van der Waals surface area contributed by atoms with Gasteiger partial charge in [-0.3, -0.25) is 0 Å². The van der Waals surface area contributed by atoms with Crippen molar-refractivity contribution >= 4 is 53.2 Å². The van der Waals surface area contributed by atoms with Gasteiger partial charge < -0.3 is 3.87 Å². The van der Waals surface area contributed by atoms with Crippen LogP contribution in [0, 0.1) is 0 Å². The van der Waals surface area contributed by atoms with Crippen LogP contribution in [0.4, 0.5) is 13.2 Å². The van der Waals surface area contributed by atoms with Gasteiger partial charge in [-0.2, -0.15) is 21.6 Å². The summed E-state index contributed by atoms with van der Waals surface area (Å²) in [5.74, 6) is 0. The summed E-state index contributed by atoms with van der Waals surface area (Å²) in [6, 6.07) is 0. The summed E-state index contributed by atoms with van der Waals surface area (Å²) in [5, 5.41) is 0. The van der Waals surface area contributed by atoms with Crippen molar-refractivity contribution in [2.75, 3.05) is 16.5 Å². The van der Waals surface area contributed by atoms with E-state index in [9.17, 15) is 21.6 Å². The molecule has 0 aliphatic heterocycles. The molecule has 0 saturated carbocycles. The minimum absolute atomic E-state index is 0.435. The second-order valence-electron chi connectivity index (χ2n) is 2.57. The van der Waals surface area contributed by atoms with Crippen LogP contribution in [0.25, 0.3) is 0 Å². The van der Waals surface area contributed by atoms with Crippen molar-refractivity contribution in [1.82, 2.24) is 0 Å². The molecular formula is C4H6Cl3F3O3SSi. The normalized spacial score (nSPS) is 14.3. The average Bonchev–Trinajstić information content (AvgIpc) is 2.12. The van der Waals surface area contributed by atoms with Crippen LogP contribution in [-0.2, 0) is 14.0 Å². The molecule has 0 rings (SSSR count). The zero-order chi connectivity index (χ0) is 12.3. The lowest BCUT2D eigenvalue weighted by molar-refractivity contribution is -0.0503. The van der Waals surface area contributed by atoms with Gasteiger partial charge in [0.25, 0.3) is 8.32 Å². The molecule has 3 nitrogen and oxygen atoms in total. The third-order valence-corrected chi connectivity index (χ3v) is 10.0. The summed E-state index contributed by atoms with van der Waals surface area (Å²) in [7, 11) is -9.16. The minimum Gasteiger partial charge on any atom is -0.304 e. The molecule has 0 unspecified atom stereocenters. The summed E-state index contributed by atoms with van der Waals surface area (Å²) in [5.41, 5.74) is -6.80. The van der Waals surface area contributed by atoms with E-state index in [2.05, 4.69) is 3.87 Å². The number of rotatable bonds is 5. The number of halogens is 6. The van der Waals surface area contributed by atoms with Crippen LogP contribution >= 0.6 is 34.8 Å². The molecule has 15 heavy (non-hydrogen) atoms. The number of alkyl halides is 6. The van der Waals surface area contributed by atoms with Gasteiger partial charge in [0.05, 0.1) is 0 Å². The van der Waals surface area contributed by atoms with E-state index >= 15 is 0 Å². The molecular weight excluding hydrogens is 320 g/mol. The summed E-state index contributed by atoms with van der Waals surface area (Å²) in [6.45, 7) is 0. The van der Waals surface area contributed by atoms with Crippen molar-refractivity contribution in [2.24, 2.45) is 0 Å². The van der Waals surface area contributed by atoms with Gasteiger partial charge in [-0.1, -0.05) is 0 Å². The Bertz CT molecular complexity index is 294. The summed E-state index contributed by atoms with van der Waals surface area (Å²) in [6.07, 6.45) is 0. The van der Waals surface area contributed by atoms with Crippen LogP contribution in [0.1, 0.15) is 0 Å². The van der Waals surface area contributed by atoms with E-state index in [-0.39, 0.29) is 0 Å². The molecule has 0 aromatic carbocycles. The largest absolute Gasteiger partial charge is 0.522 e.